The van der Waals surface area contributed by atoms with Gasteiger partial charge in [-0.3, -0.25) is 19.5 Å². The van der Waals surface area contributed by atoms with Crippen LogP contribution in [0.2, 0.25) is 0 Å². The Balaban J connectivity index is 0.000000215. The number of hydrogen-bond acceptors (Lipinski definition) is 7. The van der Waals surface area contributed by atoms with E-state index in [1.165, 1.54) is 36.6 Å². The molecule has 3 N–H and O–H groups in total. The fourth-order valence-electron chi connectivity index (χ4n) is 6.95. The van der Waals surface area contributed by atoms with E-state index >= 15 is 0 Å². The first-order valence-electron chi connectivity index (χ1n) is 15.5. The van der Waals surface area contributed by atoms with Crippen LogP contribution in [0.15, 0.2) is 46.3 Å². The summed E-state index contributed by atoms with van der Waals surface area (Å²) in [6.07, 6.45) is 12.5. The first-order valence-corrected chi connectivity index (χ1v) is 15.5. The summed E-state index contributed by atoms with van der Waals surface area (Å²) in [7, 11) is 7.68. The summed E-state index contributed by atoms with van der Waals surface area (Å²) in [5, 5.41) is 3.12. The predicted molar refractivity (Wildman–Crippen MR) is 171 cm³/mol. The average Bonchev–Trinajstić information content (AvgIpc) is 3.48. The van der Waals surface area contributed by atoms with E-state index in [-0.39, 0.29) is 22.6 Å². The van der Waals surface area contributed by atoms with Gasteiger partial charge in [0.2, 0.25) is 6.41 Å². The van der Waals surface area contributed by atoms with E-state index in [1.54, 1.807) is 25.4 Å². The van der Waals surface area contributed by atoms with Gasteiger partial charge in [0.1, 0.15) is 11.6 Å². The number of rotatable bonds is 7. The Morgan fingerprint density at radius 1 is 1.16 bits per heavy atom. The number of likely N-dealkylation sites (N-methyl/N-ethyl adjacent to an activating group) is 1. The molecule has 5 rings (SSSR count). The lowest BCUT2D eigenvalue weighted by molar-refractivity contribution is -0.121. The number of carbonyl (C=O) groups excluding carboxylic acids is 1. The summed E-state index contributed by atoms with van der Waals surface area (Å²) < 4.78 is 28.9. The molecule has 0 radical (unpaired) electrons. The number of amides is 1. The first-order chi connectivity index (χ1) is 21.1. The molecular formula is C33H47F2N7O2. The van der Waals surface area contributed by atoms with Crippen molar-refractivity contribution in [2.45, 2.75) is 62.7 Å². The number of halogens is 2. The molecule has 0 bridgehead atoms. The molecule has 9 nitrogen and oxygen atoms in total. The van der Waals surface area contributed by atoms with Gasteiger partial charge in [-0.05, 0) is 64.1 Å². The summed E-state index contributed by atoms with van der Waals surface area (Å²) in [5.74, 6) is -0.950. The summed E-state index contributed by atoms with van der Waals surface area (Å²) in [6.45, 7) is 4.47. The molecule has 3 aliphatic rings. The number of hydrogen-bond donors (Lipinski definition) is 2. The second kappa shape index (κ2) is 15.0. The van der Waals surface area contributed by atoms with Crippen LogP contribution in [0.1, 0.15) is 61.4 Å². The number of nitrogens with one attached hydrogen (secondary N) is 1. The normalized spacial score (nSPS) is 22.8. The van der Waals surface area contributed by atoms with Crippen LogP contribution in [0.3, 0.4) is 0 Å². The van der Waals surface area contributed by atoms with Gasteiger partial charge in [-0.1, -0.05) is 12.8 Å². The topological polar surface area (TPSA) is 99.2 Å². The van der Waals surface area contributed by atoms with Crippen molar-refractivity contribution in [1.29, 1.82) is 0 Å². The summed E-state index contributed by atoms with van der Waals surface area (Å²) >= 11 is 0. The number of aromatic nitrogens is 1. The van der Waals surface area contributed by atoms with Crippen LogP contribution in [0.25, 0.3) is 5.70 Å². The molecule has 3 heterocycles. The highest BCUT2D eigenvalue weighted by molar-refractivity contribution is 5.82. The number of carbonyl (C=O) groups is 1. The first kappa shape index (κ1) is 33.5. The monoisotopic (exact) mass is 611 g/mol. The van der Waals surface area contributed by atoms with Crippen molar-refractivity contribution >= 4 is 18.3 Å². The molecule has 1 amide bonds. The van der Waals surface area contributed by atoms with Gasteiger partial charge in [-0.2, -0.15) is 0 Å². The summed E-state index contributed by atoms with van der Waals surface area (Å²) in [4.78, 5) is 34.2. The maximum absolute atomic E-state index is 13.8. The maximum atomic E-state index is 13.8. The molecule has 1 aliphatic carbocycles. The fraction of sp³-hybridized carbons (Fsp3) is 0.545. The van der Waals surface area contributed by atoms with E-state index in [4.69, 9.17) is 5.73 Å². The lowest BCUT2D eigenvalue weighted by Crippen LogP contribution is -2.59. The van der Waals surface area contributed by atoms with Gasteiger partial charge in [-0.25, -0.2) is 8.78 Å². The Morgan fingerprint density at radius 3 is 2.59 bits per heavy atom. The molecular weight excluding hydrogens is 564 g/mol. The van der Waals surface area contributed by atoms with Crippen molar-refractivity contribution in [2.24, 2.45) is 17.8 Å². The lowest BCUT2D eigenvalue weighted by Gasteiger charge is -2.48. The van der Waals surface area contributed by atoms with E-state index in [1.807, 2.05) is 24.9 Å². The minimum atomic E-state index is -0.483. The van der Waals surface area contributed by atoms with E-state index in [2.05, 4.69) is 27.2 Å². The van der Waals surface area contributed by atoms with E-state index in [0.717, 1.165) is 56.0 Å². The molecule has 3 fully saturated rings. The molecule has 1 saturated carbocycles. The van der Waals surface area contributed by atoms with Crippen LogP contribution >= 0.6 is 0 Å². The van der Waals surface area contributed by atoms with Gasteiger partial charge in [0.25, 0.3) is 0 Å². The third-order valence-corrected chi connectivity index (χ3v) is 9.40. The molecule has 44 heavy (non-hydrogen) atoms. The lowest BCUT2D eigenvalue weighted by atomic mass is 9.91. The van der Waals surface area contributed by atoms with Gasteiger partial charge in [0.05, 0.1) is 17.4 Å². The Kier molecular flexibility index (Phi) is 11.5. The Hall–Kier alpha value is -3.41. The van der Waals surface area contributed by atoms with Crippen LogP contribution in [0, 0.1) is 11.6 Å². The van der Waals surface area contributed by atoms with Crippen molar-refractivity contribution in [3.63, 3.8) is 0 Å². The van der Waals surface area contributed by atoms with Gasteiger partial charge in [-0.15, -0.1) is 0 Å². The zero-order valence-corrected chi connectivity index (χ0v) is 26.4. The highest BCUT2D eigenvalue weighted by Crippen LogP contribution is 2.38. The number of piperazine rings is 1. The Bertz CT molecular complexity index is 1400. The van der Waals surface area contributed by atoms with Crippen molar-refractivity contribution < 1.29 is 13.6 Å². The van der Waals surface area contributed by atoms with Crippen LogP contribution in [0.5, 0.6) is 0 Å². The molecule has 1 aromatic heterocycles. The molecule has 2 aromatic rings. The Labute approximate surface area is 259 Å². The van der Waals surface area contributed by atoms with Crippen molar-refractivity contribution in [3.05, 3.63) is 75.2 Å². The number of allylic oxidation sites excluding steroid dienone is 1. The van der Waals surface area contributed by atoms with E-state index in [0.29, 0.717) is 25.1 Å². The number of nitrogens with two attached hydrogens (primary N) is 1. The minimum Gasteiger partial charge on any atom is -0.397 e. The molecule has 2 unspecified atom stereocenters. The molecule has 2 atom stereocenters. The summed E-state index contributed by atoms with van der Waals surface area (Å²) in [5.41, 5.74) is 8.78. The minimum absolute atomic E-state index is 0.0648. The number of nitrogens with zero attached hydrogens (tertiary/aromatic N) is 5. The van der Waals surface area contributed by atoms with Crippen LogP contribution in [-0.2, 0) is 18.4 Å². The quantitative estimate of drug-likeness (QED) is 0.369. The highest BCUT2D eigenvalue weighted by atomic mass is 19.1. The van der Waals surface area contributed by atoms with Gasteiger partial charge in [0.15, 0.2) is 5.43 Å². The van der Waals surface area contributed by atoms with Crippen molar-refractivity contribution in [3.8, 4) is 0 Å². The molecule has 1 spiro atoms. The highest BCUT2D eigenvalue weighted by Gasteiger charge is 2.42. The second-order valence-corrected chi connectivity index (χ2v) is 12.3. The third-order valence-electron chi connectivity index (χ3n) is 9.40. The van der Waals surface area contributed by atoms with Crippen molar-refractivity contribution in [1.82, 2.24) is 24.6 Å². The predicted octanol–water partition coefficient (Wildman–Crippen LogP) is 3.29. The van der Waals surface area contributed by atoms with Gasteiger partial charge < -0.3 is 25.4 Å². The Morgan fingerprint density at radius 2 is 1.91 bits per heavy atom. The van der Waals surface area contributed by atoms with Crippen molar-refractivity contribution in [2.75, 3.05) is 47.3 Å². The molecule has 2 aliphatic heterocycles. The number of piperidine rings is 1. The fourth-order valence-corrected chi connectivity index (χ4v) is 6.95. The van der Waals surface area contributed by atoms with Crippen LogP contribution < -0.4 is 16.5 Å². The zero-order chi connectivity index (χ0) is 31.9. The molecule has 2 saturated heterocycles. The number of benzene rings is 1. The number of aryl methyl sites for hydroxylation is 1. The van der Waals surface area contributed by atoms with E-state index in [9.17, 15) is 18.4 Å². The smallest absolute Gasteiger partial charge is 0.210 e. The molecule has 1 aromatic carbocycles. The number of likely N-dealkylation sites (tertiary alicyclic amines) is 1. The SMILES string of the molecule is CN=C/C=C(\N)c1cc(=O)c(CN2CCN(C)CC23CCCC3)cn1C.CNC1CCN(C=O)C(c2cc(F)ccc2F)C1. The summed E-state index contributed by atoms with van der Waals surface area (Å²) in [6, 6.07) is 4.84. The number of pyridine rings is 1. The number of aliphatic imine (C=N–C) groups is 1. The maximum Gasteiger partial charge on any atom is 0.210 e. The van der Waals surface area contributed by atoms with Gasteiger partial charge in [0, 0.05) is 88.0 Å². The van der Waals surface area contributed by atoms with Crippen LogP contribution in [-0.4, -0.2) is 90.8 Å². The second-order valence-electron chi connectivity index (χ2n) is 12.3. The average molecular weight is 612 g/mol. The molecule has 11 heteroatoms. The standard InChI is InChI=1S/C20H31N5O.C13H16F2N2O/c1-22-9-6-17(21)18-12-19(26)16(13-24(18)3)14-25-11-10-23(2)15-20(25)7-4-5-8-20;1-16-10-4-5-17(8-18)13(7-10)11-6-9(14)2-3-12(11)15/h6,9,12-13H,4-5,7-8,10-11,14-15,21H2,1-3H3;2-3,6,8,10,13,16H,4-5,7H2,1H3/b17-6-,22-9?;. The van der Waals surface area contributed by atoms with E-state index < -0.39 is 17.7 Å². The largest absolute Gasteiger partial charge is 0.397 e. The zero-order valence-electron chi connectivity index (χ0n) is 26.4. The van der Waals surface area contributed by atoms with Gasteiger partial charge >= 0.3 is 0 Å². The molecule has 240 valence electrons. The van der Waals surface area contributed by atoms with Crippen LogP contribution in [0.4, 0.5) is 8.78 Å². The third kappa shape index (κ3) is 7.80.